The van der Waals surface area contributed by atoms with E-state index in [4.69, 9.17) is 9.47 Å². The topological polar surface area (TPSA) is 55.8 Å². The summed E-state index contributed by atoms with van der Waals surface area (Å²) in [6, 6.07) is 5.70. The molecular formula is C19H27NO4. The van der Waals surface area contributed by atoms with Crippen molar-refractivity contribution in [2.75, 3.05) is 26.8 Å². The summed E-state index contributed by atoms with van der Waals surface area (Å²) in [6.45, 7) is 7.37. The van der Waals surface area contributed by atoms with Crippen LogP contribution in [0, 0.1) is 19.8 Å². The molecular weight excluding hydrogens is 306 g/mol. The first kappa shape index (κ1) is 18.5. The fourth-order valence-electron chi connectivity index (χ4n) is 2.94. The maximum Gasteiger partial charge on any atom is 0.310 e. The lowest BCUT2D eigenvalue weighted by Crippen LogP contribution is -2.41. The van der Waals surface area contributed by atoms with Crippen LogP contribution in [0.15, 0.2) is 18.2 Å². The van der Waals surface area contributed by atoms with Crippen LogP contribution in [0.4, 0.5) is 0 Å². The number of carbonyl (C=O) groups is 2. The predicted octanol–water partition coefficient (Wildman–Crippen LogP) is 2.73. The molecule has 2 unspecified atom stereocenters. The second kappa shape index (κ2) is 8.29. The molecule has 0 aliphatic carbocycles. The van der Waals surface area contributed by atoms with Gasteiger partial charge in [-0.05, 0) is 49.9 Å². The summed E-state index contributed by atoms with van der Waals surface area (Å²) < 4.78 is 10.5. The van der Waals surface area contributed by atoms with Crippen LogP contribution in [0.3, 0.4) is 0 Å². The average Bonchev–Trinajstić information content (AvgIpc) is 3.08. The van der Waals surface area contributed by atoms with Gasteiger partial charge < -0.3 is 14.4 Å². The molecule has 1 aromatic carbocycles. The highest BCUT2D eigenvalue weighted by atomic mass is 16.5. The van der Waals surface area contributed by atoms with Gasteiger partial charge in [0.1, 0.15) is 0 Å². The van der Waals surface area contributed by atoms with E-state index in [1.165, 1.54) is 7.11 Å². The van der Waals surface area contributed by atoms with E-state index >= 15 is 0 Å². The Hall–Kier alpha value is -1.88. The average molecular weight is 333 g/mol. The van der Waals surface area contributed by atoms with Crippen LogP contribution in [-0.4, -0.2) is 49.7 Å². The highest BCUT2D eigenvalue weighted by Gasteiger charge is 2.27. The Morgan fingerprint density at radius 3 is 2.67 bits per heavy atom. The Bertz CT molecular complexity index is 593. The van der Waals surface area contributed by atoms with Gasteiger partial charge in [-0.2, -0.15) is 0 Å². The number of nitrogens with zero attached hydrogens (tertiary/aromatic N) is 1. The van der Waals surface area contributed by atoms with Gasteiger partial charge >= 0.3 is 5.97 Å². The number of hydrogen-bond donors (Lipinski definition) is 0. The molecule has 24 heavy (non-hydrogen) atoms. The van der Waals surface area contributed by atoms with Gasteiger partial charge in [-0.3, -0.25) is 9.59 Å². The number of esters is 1. The molecule has 1 aromatic rings. The fourth-order valence-corrected chi connectivity index (χ4v) is 2.94. The third kappa shape index (κ3) is 4.57. The highest BCUT2D eigenvalue weighted by Crippen LogP contribution is 2.18. The van der Waals surface area contributed by atoms with E-state index in [1.807, 2.05) is 32.0 Å². The molecule has 1 saturated heterocycles. The number of rotatable bonds is 6. The van der Waals surface area contributed by atoms with Crippen LogP contribution < -0.4 is 0 Å². The van der Waals surface area contributed by atoms with Crippen LogP contribution in [0.2, 0.25) is 0 Å². The second-order valence-corrected chi connectivity index (χ2v) is 6.57. The van der Waals surface area contributed by atoms with Crippen LogP contribution in [0.25, 0.3) is 0 Å². The van der Waals surface area contributed by atoms with Crippen LogP contribution in [0.1, 0.15) is 41.3 Å². The SMILES string of the molecule is COC(=O)C(C)CN(CC1CCCO1)C(=O)c1ccc(C)c(C)c1. The molecule has 132 valence electrons. The number of carbonyl (C=O) groups excluding carboxylic acids is 2. The van der Waals surface area contributed by atoms with Gasteiger partial charge in [0, 0.05) is 25.3 Å². The fraction of sp³-hybridized carbons (Fsp3) is 0.579. The third-order valence-electron chi connectivity index (χ3n) is 4.59. The standard InChI is InChI=1S/C19H27NO4/c1-13-7-8-16(10-14(13)2)18(21)20(11-15(3)19(22)23-4)12-17-6-5-9-24-17/h7-8,10,15,17H,5-6,9,11-12H2,1-4H3. The first-order valence-electron chi connectivity index (χ1n) is 8.48. The van der Waals surface area contributed by atoms with E-state index in [2.05, 4.69) is 0 Å². The van der Waals surface area contributed by atoms with Crippen LogP contribution in [-0.2, 0) is 14.3 Å². The molecule has 0 spiro atoms. The van der Waals surface area contributed by atoms with E-state index in [9.17, 15) is 9.59 Å². The Balaban J connectivity index is 2.17. The zero-order chi connectivity index (χ0) is 17.7. The molecule has 1 aliphatic rings. The predicted molar refractivity (Wildman–Crippen MR) is 92.0 cm³/mol. The monoisotopic (exact) mass is 333 g/mol. The lowest BCUT2D eigenvalue weighted by atomic mass is 10.0. The molecule has 0 radical (unpaired) electrons. The summed E-state index contributed by atoms with van der Waals surface area (Å²) in [4.78, 5) is 26.4. The quantitative estimate of drug-likeness (QED) is 0.751. The van der Waals surface area contributed by atoms with Gasteiger partial charge in [0.05, 0.1) is 19.1 Å². The van der Waals surface area contributed by atoms with Gasteiger partial charge in [-0.25, -0.2) is 0 Å². The lowest BCUT2D eigenvalue weighted by Gasteiger charge is -2.27. The molecule has 2 rings (SSSR count). The van der Waals surface area contributed by atoms with Crippen molar-refractivity contribution in [3.8, 4) is 0 Å². The van der Waals surface area contributed by atoms with Crippen molar-refractivity contribution in [1.29, 1.82) is 0 Å². The number of methoxy groups -OCH3 is 1. The van der Waals surface area contributed by atoms with Gasteiger partial charge in [-0.1, -0.05) is 13.0 Å². The zero-order valence-electron chi connectivity index (χ0n) is 15.0. The Morgan fingerprint density at radius 2 is 2.08 bits per heavy atom. The minimum Gasteiger partial charge on any atom is -0.469 e. The third-order valence-corrected chi connectivity index (χ3v) is 4.59. The molecule has 5 nitrogen and oxygen atoms in total. The van der Waals surface area contributed by atoms with Gasteiger partial charge in [0.25, 0.3) is 5.91 Å². The van der Waals surface area contributed by atoms with Gasteiger partial charge in [-0.15, -0.1) is 0 Å². The van der Waals surface area contributed by atoms with Crippen LogP contribution >= 0.6 is 0 Å². The molecule has 1 heterocycles. The molecule has 0 saturated carbocycles. The van der Waals surface area contributed by atoms with E-state index in [1.54, 1.807) is 11.8 Å². The van der Waals surface area contributed by atoms with E-state index < -0.39 is 0 Å². The van der Waals surface area contributed by atoms with Crippen molar-refractivity contribution in [2.45, 2.75) is 39.7 Å². The largest absolute Gasteiger partial charge is 0.469 e. The summed E-state index contributed by atoms with van der Waals surface area (Å²) in [6.07, 6.45) is 2.01. The minimum atomic E-state index is -0.369. The van der Waals surface area contributed by atoms with E-state index in [0.717, 1.165) is 30.6 Å². The van der Waals surface area contributed by atoms with Crippen molar-refractivity contribution in [2.24, 2.45) is 5.92 Å². The van der Waals surface area contributed by atoms with Gasteiger partial charge in [0.15, 0.2) is 0 Å². The van der Waals surface area contributed by atoms with Crippen molar-refractivity contribution >= 4 is 11.9 Å². The van der Waals surface area contributed by atoms with Gasteiger partial charge in [0.2, 0.25) is 0 Å². The summed E-state index contributed by atoms with van der Waals surface area (Å²) in [5.74, 6) is -0.739. The molecule has 0 bridgehead atoms. The normalized spacial score (nSPS) is 18.2. The van der Waals surface area contributed by atoms with Crippen LogP contribution in [0.5, 0.6) is 0 Å². The highest BCUT2D eigenvalue weighted by molar-refractivity contribution is 5.94. The molecule has 0 N–H and O–H groups in total. The summed E-state index contributed by atoms with van der Waals surface area (Å²) in [5, 5.41) is 0. The zero-order valence-corrected chi connectivity index (χ0v) is 15.0. The number of amides is 1. The number of hydrogen-bond acceptors (Lipinski definition) is 4. The lowest BCUT2D eigenvalue weighted by molar-refractivity contribution is -0.145. The van der Waals surface area contributed by atoms with Crippen molar-refractivity contribution in [1.82, 2.24) is 4.90 Å². The molecule has 0 aromatic heterocycles. The minimum absolute atomic E-state index is 0.0466. The number of ether oxygens (including phenoxy) is 2. The van der Waals surface area contributed by atoms with Crippen molar-refractivity contribution in [3.63, 3.8) is 0 Å². The van der Waals surface area contributed by atoms with E-state index in [-0.39, 0.29) is 23.9 Å². The van der Waals surface area contributed by atoms with Crippen molar-refractivity contribution in [3.05, 3.63) is 34.9 Å². The molecule has 1 fully saturated rings. The smallest absolute Gasteiger partial charge is 0.310 e. The molecule has 1 amide bonds. The Labute approximate surface area is 143 Å². The maximum atomic E-state index is 13.0. The Kier molecular flexibility index (Phi) is 6.37. The maximum absolute atomic E-state index is 13.0. The number of benzene rings is 1. The first-order valence-corrected chi connectivity index (χ1v) is 8.48. The second-order valence-electron chi connectivity index (χ2n) is 6.57. The summed E-state index contributed by atoms with van der Waals surface area (Å²) in [5.41, 5.74) is 2.88. The summed E-state index contributed by atoms with van der Waals surface area (Å²) >= 11 is 0. The summed E-state index contributed by atoms with van der Waals surface area (Å²) in [7, 11) is 1.37. The molecule has 1 aliphatic heterocycles. The molecule has 2 atom stereocenters. The molecule has 5 heteroatoms. The van der Waals surface area contributed by atoms with Crippen molar-refractivity contribution < 1.29 is 19.1 Å². The van der Waals surface area contributed by atoms with E-state index in [0.29, 0.717) is 18.7 Å². The number of aryl methyl sites for hydroxylation is 2. The first-order chi connectivity index (χ1) is 11.4. The Morgan fingerprint density at radius 1 is 1.33 bits per heavy atom.